The smallest absolute Gasteiger partial charge is 0.215 e. The summed E-state index contributed by atoms with van der Waals surface area (Å²) in [4.78, 5) is 9.22. The number of anilines is 3. The van der Waals surface area contributed by atoms with Crippen LogP contribution in [0.25, 0.3) is 0 Å². The van der Waals surface area contributed by atoms with Crippen molar-refractivity contribution in [1.29, 1.82) is 0 Å². The van der Waals surface area contributed by atoms with E-state index in [4.69, 9.17) is 22.1 Å². The SMILES string of the molecule is Nc1nnc(Cl)cc1N1CC2CCC(C1)N2c1ccnc(OC2CCC2)c1. The van der Waals surface area contributed by atoms with Crippen LogP contribution in [0.4, 0.5) is 17.2 Å². The van der Waals surface area contributed by atoms with Gasteiger partial charge in [0, 0.05) is 49.2 Å². The summed E-state index contributed by atoms with van der Waals surface area (Å²) in [7, 11) is 0. The van der Waals surface area contributed by atoms with E-state index in [1.165, 1.54) is 12.1 Å². The highest BCUT2D eigenvalue weighted by Gasteiger charge is 2.40. The average molecular weight is 387 g/mol. The molecule has 0 aromatic carbocycles. The largest absolute Gasteiger partial charge is 0.474 e. The molecule has 4 heterocycles. The Hall–Kier alpha value is -2.28. The van der Waals surface area contributed by atoms with Crippen LogP contribution in [0.1, 0.15) is 32.1 Å². The first kappa shape index (κ1) is 16.9. The van der Waals surface area contributed by atoms with Gasteiger partial charge < -0.3 is 20.3 Å². The van der Waals surface area contributed by atoms with Gasteiger partial charge in [0.15, 0.2) is 11.0 Å². The zero-order valence-electron chi connectivity index (χ0n) is 15.1. The van der Waals surface area contributed by atoms with Crippen molar-refractivity contribution in [2.75, 3.05) is 28.6 Å². The summed E-state index contributed by atoms with van der Waals surface area (Å²) in [5.74, 6) is 1.18. The first-order chi connectivity index (χ1) is 13.2. The Bertz CT molecular complexity index is 831. The second-order valence-corrected chi connectivity index (χ2v) is 8.05. The lowest BCUT2D eigenvalue weighted by atomic mass is 9.96. The number of pyridine rings is 1. The van der Waals surface area contributed by atoms with Crippen molar-refractivity contribution in [1.82, 2.24) is 15.2 Å². The van der Waals surface area contributed by atoms with Crippen LogP contribution >= 0.6 is 11.6 Å². The Morgan fingerprint density at radius 2 is 1.85 bits per heavy atom. The fraction of sp³-hybridized carbons (Fsp3) is 0.526. The number of nitrogens with zero attached hydrogens (tertiary/aromatic N) is 5. The van der Waals surface area contributed by atoms with Crippen molar-refractivity contribution in [3.8, 4) is 5.88 Å². The Morgan fingerprint density at radius 3 is 2.56 bits per heavy atom. The van der Waals surface area contributed by atoms with Crippen LogP contribution in [0, 0.1) is 0 Å². The number of hydrogen-bond acceptors (Lipinski definition) is 7. The minimum atomic E-state index is 0.341. The summed E-state index contributed by atoms with van der Waals surface area (Å²) in [5.41, 5.74) is 8.13. The molecule has 0 amide bonds. The third kappa shape index (κ3) is 3.14. The third-order valence-corrected chi connectivity index (χ3v) is 6.14. The molecule has 2 unspecified atom stereocenters. The van der Waals surface area contributed by atoms with Crippen LogP contribution in [-0.4, -0.2) is 46.5 Å². The topological polar surface area (TPSA) is 80.4 Å². The molecule has 3 fully saturated rings. The van der Waals surface area contributed by atoms with E-state index in [0.717, 1.165) is 50.3 Å². The number of piperazine rings is 1. The highest BCUT2D eigenvalue weighted by Crippen LogP contribution is 2.38. The second-order valence-electron chi connectivity index (χ2n) is 7.66. The van der Waals surface area contributed by atoms with Gasteiger partial charge in [0.2, 0.25) is 5.88 Å². The van der Waals surface area contributed by atoms with Crippen LogP contribution in [0.15, 0.2) is 24.4 Å². The number of hydrogen-bond donors (Lipinski definition) is 1. The number of ether oxygens (including phenoxy) is 1. The molecule has 1 aliphatic carbocycles. The number of aromatic nitrogens is 3. The minimum Gasteiger partial charge on any atom is -0.474 e. The number of fused-ring (bicyclic) bond motifs is 2. The number of halogens is 1. The molecule has 2 aromatic rings. The fourth-order valence-corrected chi connectivity index (χ4v) is 4.57. The predicted octanol–water partition coefficient (Wildman–Crippen LogP) is 2.90. The van der Waals surface area contributed by atoms with Crippen molar-refractivity contribution in [3.63, 3.8) is 0 Å². The van der Waals surface area contributed by atoms with Gasteiger partial charge in [0.1, 0.15) is 6.10 Å². The lowest BCUT2D eigenvalue weighted by Crippen LogP contribution is -2.54. The van der Waals surface area contributed by atoms with Gasteiger partial charge in [0.05, 0.1) is 5.69 Å². The average Bonchev–Trinajstić information content (AvgIpc) is 2.90. The monoisotopic (exact) mass is 386 g/mol. The van der Waals surface area contributed by atoms with Gasteiger partial charge in [-0.1, -0.05) is 11.6 Å². The zero-order valence-corrected chi connectivity index (χ0v) is 15.8. The summed E-state index contributed by atoms with van der Waals surface area (Å²) >= 11 is 6.04. The van der Waals surface area contributed by atoms with E-state index in [2.05, 4.69) is 37.1 Å². The van der Waals surface area contributed by atoms with Crippen LogP contribution < -0.4 is 20.3 Å². The molecule has 8 heteroatoms. The van der Waals surface area contributed by atoms with Gasteiger partial charge in [-0.3, -0.25) is 0 Å². The molecule has 2 aliphatic heterocycles. The van der Waals surface area contributed by atoms with E-state index in [0.29, 0.717) is 29.2 Å². The van der Waals surface area contributed by atoms with Gasteiger partial charge in [-0.05, 0) is 38.2 Å². The predicted molar refractivity (Wildman–Crippen MR) is 105 cm³/mol. The molecule has 5 rings (SSSR count). The molecular weight excluding hydrogens is 364 g/mol. The number of nitrogens with two attached hydrogens (primary N) is 1. The quantitative estimate of drug-likeness (QED) is 0.865. The standard InChI is InChI=1S/C19H23ClN6O/c20-17-9-16(19(21)24-23-17)25-10-13-4-5-14(11-25)26(13)12-6-7-22-18(8-12)27-15-2-1-3-15/h6-9,13-15H,1-5,10-11H2,(H2,21,24). The summed E-state index contributed by atoms with van der Waals surface area (Å²) < 4.78 is 6.00. The van der Waals surface area contributed by atoms with Crippen molar-refractivity contribution < 1.29 is 4.74 Å². The highest BCUT2D eigenvalue weighted by molar-refractivity contribution is 6.29. The van der Waals surface area contributed by atoms with Gasteiger partial charge in [-0.15, -0.1) is 10.2 Å². The molecule has 3 aliphatic rings. The Kier molecular flexibility index (Phi) is 4.19. The van der Waals surface area contributed by atoms with E-state index in [-0.39, 0.29) is 0 Å². The first-order valence-corrected chi connectivity index (χ1v) is 10.00. The maximum absolute atomic E-state index is 6.05. The molecule has 0 spiro atoms. The maximum Gasteiger partial charge on any atom is 0.215 e. The molecule has 1 saturated carbocycles. The van der Waals surface area contributed by atoms with Gasteiger partial charge in [0.25, 0.3) is 0 Å². The van der Waals surface area contributed by atoms with Crippen LogP contribution in [0.3, 0.4) is 0 Å². The summed E-state index contributed by atoms with van der Waals surface area (Å²) in [6.07, 6.45) is 8.06. The van der Waals surface area contributed by atoms with Crippen molar-refractivity contribution in [3.05, 3.63) is 29.5 Å². The summed E-state index contributed by atoms with van der Waals surface area (Å²) in [6, 6.07) is 6.85. The Labute approximate surface area is 163 Å². The maximum atomic E-state index is 6.05. The lowest BCUT2D eigenvalue weighted by molar-refractivity contribution is 0.114. The molecule has 7 nitrogen and oxygen atoms in total. The fourth-order valence-electron chi connectivity index (χ4n) is 4.43. The van der Waals surface area contributed by atoms with E-state index in [1.54, 1.807) is 0 Å². The van der Waals surface area contributed by atoms with Gasteiger partial charge >= 0.3 is 0 Å². The summed E-state index contributed by atoms with van der Waals surface area (Å²) in [5, 5.41) is 8.17. The van der Waals surface area contributed by atoms with Crippen molar-refractivity contribution >= 4 is 28.8 Å². The van der Waals surface area contributed by atoms with Crippen LogP contribution in [-0.2, 0) is 0 Å². The van der Waals surface area contributed by atoms with Gasteiger partial charge in [-0.2, -0.15) is 0 Å². The van der Waals surface area contributed by atoms with E-state index < -0.39 is 0 Å². The number of rotatable bonds is 4. The lowest BCUT2D eigenvalue weighted by Gasteiger charge is -2.43. The Morgan fingerprint density at radius 1 is 1.07 bits per heavy atom. The van der Waals surface area contributed by atoms with Gasteiger partial charge in [-0.25, -0.2) is 4.98 Å². The van der Waals surface area contributed by atoms with E-state index in [1.807, 2.05) is 12.3 Å². The van der Waals surface area contributed by atoms with E-state index >= 15 is 0 Å². The molecule has 2 saturated heterocycles. The first-order valence-electron chi connectivity index (χ1n) is 9.62. The van der Waals surface area contributed by atoms with Crippen molar-refractivity contribution in [2.45, 2.75) is 50.3 Å². The zero-order chi connectivity index (χ0) is 18.4. The van der Waals surface area contributed by atoms with Crippen molar-refractivity contribution in [2.24, 2.45) is 0 Å². The van der Waals surface area contributed by atoms with E-state index in [9.17, 15) is 0 Å². The molecule has 2 aromatic heterocycles. The molecular formula is C19H23ClN6O. The third-order valence-electron chi connectivity index (χ3n) is 5.95. The van der Waals surface area contributed by atoms with Crippen LogP contribution in [0.5, 0.6) is 5.88 Å². The molecule has 2 atom stereocenters. The Balaban J connectivity index is 1.36. The highest BCUT2D eigenvalue weighted by atomic mass is 35.5. The van der Waals surface area contributed by atoms with Crippen LogP contribution in [0.2, 0.25) is 5.15 Å². The molecule has 2 bridgehead atoms. The molecule has 142 valence electrons. The number of nitrogen functional groups attached to an aromatic ring is 1. The molecule has 27 heavy (non-hydrogen) atoms. The molecule has 2 N–H and O–H groups in total. The normalized spacial score (nSPS) is 24.8. The second kappa shape index (κ2) is 6.71. The molecule has 0 radical (unpaired) electrons. The minimum absolute atomic E-state index is 0.341. The summed E-state index contributed by atoms with van der Waals surface area (Å²) in [6.45, 7) is 1.79.